The van der Waals surface area contributed by atoms with Crippen molar-refractivity contribution < 1.29 is 13.9 Å². The number of carbonyl (C=O) groups is 1. The summed E-state index contributed by atoms with van der Waals surface area (Å²) < 4.78 is 19.3. The zero-order valence-corrected chi connectivity index (χ0v) is 15.1. The van der Waals surface area contributed by atoms with Crippen LogP contribution in [0.5, 0.6) is 5.75 Å². The Labute approximate surface area is 152 Å². The SMILES string of the molecule is COc1ccc(CNC(=S)NNC(=O)c2ccc(Br)cc2F)cc1. The number of ether oxygens (including phenoxy) is 1. The zero-order valence-electron chi connectivity index (χ0n) is 12.7. The maximum atomic E-state index is 13.7. The van der Waals surface area contributed by atoms with E-state index >= 15 is 0 Å². The molecule has 0 aliphatic carbocycles. The Morgan fingerprint density at radius 3 is 2.54 bits per heavy atom. The van der Waals surface area contributed by atoms with Crippen LogP contribution in [0, 0.1) is 5.82 Å². The molecule has 2 rings (SSSR count). The summed E-state index contributed by atoms with van der Waals surface area (Å²) in [6.07, 6.45) is 0. The van der Waals surface area contributed by atoms with Crippen molar-refractivity contribution in [1.29, 1.82) is 0 Å². The number of carbonyl (C=O) groups excluding carboxylic acids is 1. The number of benzene rings is 2. The van der Waals surface area contributed by atoms with Crippen LogP contribution in [0.3, 0.4) is 0 Å². The summed E-state index contributed by atoms with van der Waals surface area (Å²) in [6.45, 7) is 0.471. The summed E-state index contributed by atoms with van der Waals surface area (Å²) >= 11 is 8.19. The van der Waals surface area contributed by atoms with Crippen molar-refractivity contribution in [3.05, 3.63) is 63.9 Å². The van der Waals surface area contributed by atoms with Gasteiger partial charge in [0.05, 0.1) is 12.7 Å². The van der Waals surface area contributed by atoms with Gasteiger partial charge in [-0.1, -0.05) is 28.1 Å². The van der Waals surface area contributed by atoms with Gasteiger partial charge >= 0.3 is 0 Å². The molecule has 24 heavy (non-hydrogen) atoms. The Bertz CT molecular complexity index is 741. The first-order valence-electron chi connectivity index (χ1n) is 6.92. The fourth-order valence-corrected chi connectivity index (χ4v) is 2.28. The predicted molar refractivity (Wildman–Crippen MR) is 97.1 cm³/mol. The molecule has 126 valence electrons. The molecule has 0 saturated heterocycles. The first-order chi connectivity index (χ1) is 11.5. The summed E-state index contributed by atoms with van der Waals surface area (Å²) in [5.41, 5.74) is 5.79. The summed E-state index contributed by atoms with van der Waals surface area (Å²) in [5, 5.41) is 3.15. The maximum Gasteiger partial charge on any atom is 0.272 e. The van der Waals surface area contributed by atoms with E-state index in [0.717, 1.165) is 11.3 Å². The lowest BCUT2D eigenvalue weighted by atomic mass is 10.2. The molecule has 3 N–H and O–H groups in total. The number of hydrogen-bond donors (Lipinski definition) is 3. The quantitative estimate of drug-likeness (QED) is 0.533. The van der Waals surface area contributed by atoms with Gasteiger partial charge in [0.25, 0.3) is 5.91 Å². The number of hydrogen-bond acceptors (Lipinski definition) is 3. The summed E-state index contributed by atoms with van der Waals surface area (Å²) in [6, 6.07) is 11.6. The number of amides is 1. The molecular weight excluding hydrogens is 397 g/mol. The van der Waals surface area contributed by atoms with Gasteiger partial charge in [-0.3, -0.25) is 15.6 Å². The van der Waals surface area contributed by atoms with Crippen LogP contribution in [0.25, 0.3) is 0 Å². The monoisotopic (exact) mass is 411 g/mol. The number of thiocarbonyl (C=S) groups is 1. The second-order valence-corrected chi connectivity index (χ2v) is 6.06. The highest BCUT2D eigenvalue weighted by molar-refractivity contribution is 9.10. The van der Waals surface area contributed by atoms with Crippen molar-refractivity contribution in [2.75, 3.05) is 7.11 Å². The molecule has 0 bridgehead atoms. The lowest BCUT2D eigenvalue weighted by Crippen LogP contribution is -2.46. The molecule has 1 amide bonds. The molecule has 0 saturated carbocycles. The first kappa shape index (κ1) is 18.2. The largest absolute Gasteiger partial charge is 0.497 e. The highest BCUT2D eigenvalue weighted by atomic mass is 79.9. The first-order valence-corrected chi connectivity index (χ1v) is 8.12. The summed E-state index contributed by atoms with van der Waals surface area (Å²) in [4.78, 5) is 11.9. The van der Waals surface area contributed by atoms with Crippen LogP contribution in [0.2, 0.25) is 0 Å². The number of nitrogens with one attached hydrogen (secondary N) is 3. The third-order valence-electron chi connectivity index (χ3n) is 3.08. The van der Waals surface area contributed by atoms with Crippen LogP contribution in [-0.4, -0.2) is 18.1 Å². The molecule has 2 aromatic carbocycles. The minimum atomic E-state index is -0.624. The maximum absolute atomic E-state index is 13.7. The van der Waals surface area contributed by atoms with E-state index in [-0.39, 0.29) is 10.7 Å². The smallest absolute Gasteiger partial charge is 0.272 e. The second-order valence-electron chi connectivity index (χ2n) is 4.73. The zero-order chi connectivity index (χ0) is 17.5. The Morgan fingerprint density at radius 1 is 1.21 bits per heavy atom. The van der Waals surface area contributed by atoms with Gasteiger partial charge in [-0.2, -0.15) is 0 Å². The minimum absolute atomic E-state index is 0.0799. The van der Waals surface area contributed by atoms with Gasteiger partial charge in [-0.25, -0.2) is 4.39 Å². The van der Waals surface area contributed by atoms with Crippen molar-refractivity contribution in [2.45, 2.75) is 6.54 Å². The molecule has 0 aliphatic rings. The number of methoxy groups -OCH3 is 1. The summed E-state index contributed by atoms with van der Waals surface area (Å²) in [7, 11) is 1.60. The molecule has 8 heteroatoms. The normalized spacial score (nSPS) is 9.96. The Hall–Kier alpha value is -2.19. The molecule has 0 atom stereocenters. The van der Waals surface area contributed by atoms with E-state index in [2.05, 4.69) is 32.1 Å². The van der Waals surface area contributed by atoms with Gasteiger partial charge in [0.2, 0.25) is 0 Å². The lowest BCUT2D eigenvalue weighted by molar-refractivity contribution is 0.0939. The van der Waals surface area contributed by atoms with Gasteiger partial charge in [0, 0.05) is 11.0 Å². The molecule has 0 aromatic heterocycles. The van der Waals surface area contributed by atoms with Gasteiger partial charge in [-0.05, 0) is 48.1 Å². The molecule has 0 fully saturated rings. The van der Waals surface area contributed by atoms with Crippen LogP contribution in [0.15, 0.2) is 46.9 Å². The van der Waals surface area contributed by atoms with Crippen LogP contribution in [0.4, 0.5) is 4.39 Å². The molecule has 5 nitrogen and oxygen atoms in total. The lowest BCUT2D eigenvalue weighted by Gasteiger charge is -2.12. The van der Waals surface area contributed by atoms with E-state index in [9.17, 15) is 9.18 Å². The molecule has 0 heterocycles. The van der Waals surface area contributed by atoms with Gasteiger partial charge < -0.3 is 10.1 Å². The van der Waals surface area contributed by atoms with E-state index in [4.69, 9.17) is 17.0 Å². The van der Waals surface area contributed by atoms with E-state index in [0.29, 0.717) is 11.0 Å². The Balaban J connectivity index is 1.80. The van der Waals surface area contributed by atoms with Crippen LogP contribution in [-0.2, 0) is 6.54 Å². The van der Waals surface area contributed by atoms with E-state index < -0.39 is 11.7 Å². The van der Waals surface area contributed by atoms with Crippen molar-refractivity contribution in [3.8, 4) is 5.75 Å². The van der Waals surface area contributed by atoms with Gasteiger partial charge in [0.15, 0.2) is 5.11 Å². The molecule has 0 radical (unpaired) electrons. The van der Waals surface area contributed by atoms with Crippen molar-refractivity contribution in [1.82, 2.24) is 16.2 Å². The second kappa shape index (κ2) is 8.60. The highest BCUT2D eigenvalue weighted by Gasteiger charge is 2.11. The predicted octanol–water partition coefficient (Wildman–Crippen LogP) is 2.91. The number of rotatable bonds is 4. The molecule has 0 unspecified atom stereocenters. The number of halogens is 2. The van der Waals surface area contributed by atoms with E-state index in [1.165, 1.54) is 12.1 Å². The van der Waals surface area contributed by atoms with Crippen molar-refractivity contribution >= 4 is 39.2 Å². The van der Waals surface area contributed by atoms with Gasteiger partial charge in [-0.15, -0.1) is 0 Å². The minimum Gasteiger partial charge on any atom is -0.497 e. The van der Waals surface area contributed by atoms with Crippen molar-refractivity contribution in [3.63, 3.8) is 0 Å². The highest BCUT2D eigenvalue weighted by Crippen LogP contribution is 2.15. The third-order valence-corrected chi connectivity index (χ3v) is 3.82. The Morgan fingerprint density at radius 2 is 1.92 bits per heavy atom. The molecule has 2 aromatic rings. The van der Waals surface area contributed by atoms with Crippen molar-refractivity contribution in [2.24, 2.45) is 0 Å². The fraction of sp³-hybridized carbons (Fsp3) is 0.125. The third kappa shape index (κ3) is 5.17. The van der Waals surface area contributed by atoms with E-state index in [1.54, 1.807) is 13.2 Å². The summed E-state index contributed by atoms with van der Waals surface area (Å²) in [5.74, 6) is -0.474. The van der Waals surface area contributed by atoms with Gasteiger partial charge in [0.1, 0.15) is 11.6 Å². The average Bonchev–Trinajstić information content (AvgIpc) is 2.58. The van der Waals surface area contributed by atoms with Crippen LogP contribution >= 0.6 is 28.1 Å². The molecule has 0 aliphatic heterocycles. The topological polar surface area (TPSA) is 62.4 Å². The standard InChI is InChI=1S/C16H15BrFN3O2S/c1-23-12-5-2-10(3-6-12)9-19-16(24)21-20-15(22)13-7-4-11(17)8-14(13)18/h2-8H,9H2,1H3,(H,20,22)(H2,19,21,24). The Kier molecular flexibility index (Phi) is 6.51. The fourth-order valence-electron chi connectivity index (χ4n) is 1.82. The van der Waals surface area contributed by atoms with Crippen LogP contribution < -0.4 is 20.9 Å². The van der Waals surface area contributed by atoms with E-state index in [1.807, 2.05) is 24.3 Å². The number of hydrazine groups is 1. The molecule has 0 spiro atoms. The average molecular weight is 412 g/mol. The van der Waals surface area contributed by atoms with Crippen LogP contribution in [0.1, 0.15) is 15.9 Å². The molecular formula is C16H15BrFN3O2S.